The van der Waals surface area contributed by atoms with Crippen LogP contribution in [0.2, 0.25) is 0 Å². The van der Waals surface area contributed by atoms with Crippen LogP contribution in [-0.2, 0) is 13.0 Å². The average Bonchev–Trinajstić information content (AvgIpc) is 2.76. The second-order valence-electron chi connectivity index (χ2n) is 5.37. The zero-order chi connectivity index (χ0) is 14.1. The van der Waals surface area contributed by atoms with Crippen molar-refractivity contribution in [2.24, 2.45) is 0 Å². The van der Waals surface area contributed by atoms with E-state index >= 15 is 0 Å². The fourth-order valence-corrected chi connectivity index (χ4v) is 2.84. The number of fused-ring (bicyclic) bond motifs is 2. The predicted octanol–water partition coefficient (Wildman–Crippen LogP) is 4.26. The lowest BCUT2D eigenvalue weighted by Gasteiger charge is -2.06. The zero-order valence-corrected chi connectivity index (χ0v) is 11.8. The largest absolute Gasteiger partial charge is 0.430 e. The molecule has 1 aliphatic heterocycles. The number of nitrogens with one attached hydrogen (secondary N) is 1. The van der Waals surface area contributed by atoms with Gasteiger partial charge in [0.1, 0.15) is 11.5 Å². The standard InChI is InChI=1S/C18H17NO2/c1-2-7-15-13(5-1)6-3-8-17(15)21-18-11-14-12-19-10-4-9-16(14)20-18/h1-3,5-8,11,19H,4,9-10,12H2. The van der Waals surface area contributed by atoms with Crippen LogP contribution < -0.4 is 10.1 Å². The van der Waals surface area contributed by atoms with E-state index in [-0.39, 0.29) is 0 Å². The van der Waals surface area contributed by atoms with E-state index < -0.39 is 0 Å². The van der Waals surface area contributed by atoms with Gasteiger partial charge in [-0.2, -0.15) is 0 Å². The lowest BCUT2D eigenvalue weighted by atomic mass is 10.1. The van der Waals surface area contributed by atoms with E-state index in [1.165, 1.54) is 10.9 Å². The Balaban J connectivity index is 1.69. The van der Waals surface area contributed by atoms with Crippen LogP contribution in [0, 0.1) is 0 Å². The van der Waals surface area contributed by atoms with Gasteiger partial charge in [-0.15, -0.1) is 0 Å². The molecule has 0 saturated heterocycles. The van der Waals surface area contributed by atoms with Gasteiger partial charge in [0.25, 0.3) is 5.95 Å². The van der Waals surface area contributed by atoms with Crippen LogP contribution in [0.15, 0.2) is 52.9 Å². The molecular weight excluding hydrogens is 262 g/mol. The van der Waals surface area contributed by atoms with Crippen molar-refractivity contribution in [1.82, 2.24) is 5.32 Å². The van der Waals surface area contributed by atoms with Gasteiger partial charge < -0.3 is 14.5 Å². The Bertz CT molecular complexity index is 747. The maximum absolute atomic E-state index is 5.99. The SMILES string of the molecule is c1ccc2c(Oc3cc4c(o3)CCCNC4)cccc2c1. The zero-order valence-electron chi connectivity index (χ0n) is 11.8. The Labute approximate surface area is 123 Å². The molecule has 0 amide bonds. The van der Waals surface area contributed by atoms with E-state index in [0.29, 0.717) is 5.95 Å². The molecule has 0 aliphatic carbocycles. The van der Waals surface area contributed by atoms with Gasteiger partial charge in [0, 0.05) is 30.0 Å². The monoisotopic (exact) mass is 279 g/mol. The summed E-state index contributed by atoms with van der Waals surface area (Å²) >= 11 is 0. The van der Waals surface area contributed by atoms with Crippen molar-refractivity contribution in [3.8, 4) is 11.7 Å². The van der Waals surface area contributed by atoms with Crippen LogP contribution in [0.3, 0.4) is 0 Å². The van der Waals surface area contributed by atoms with Gasteiger partial charge in [0.2, 0.25) is 0 Å². The molecule has 3 nitrogen and oxygen atoms in total. The minimum atomic E-state index is 0.583. The van der Waals surface area contributed by atoms with Crippen LogP contribution in [-0.4, -0.2) is 6.54 Å². The van der Waals surface area contributed by atoms with Crippen molar-refractivity contribution in [2.75, 3.05) is 6.54 Å². The molecular formula is C18H17NO2. The third kappa shape index (κ3) is 2.41. The van der Waals surface area contributed by atoms with Gasteiger partial charge in [0.15, 0.2) is 0 Å². The summed E-state index contributed by atoms with van der Waals surface area (Å²) in [5.74, 6) is 2.47. The summed E-state index contributed by atoms with van der Waals surface area (Å²) in [4.78, 5) is 0. The molecule has 0 unspecified atom stereocenters. The second kappa shape index (κ2) is 5.26. The van der Waals surface area contributed by atoms with Crippen molar-refractivity contribution in [1.29, 1.82) is 0 Å². The number of benzene rings is 2. The topological polar surface area (TPSA) is 34.4 Å². The molecule has 4 rings (SSSR count). The van der Waals surface area contributed by atoms with E-state index in [9.17, 15) is 0 Å². The van der Waals surface area contributed by atoms with Crippen LogP contribution >= 0.6 is 0 Å². The molecule has 1 aliphatic rings. The van der Waals surface area contributed by atoms with E-state index in [4.69, 9.17) is 9.15 Å². The third-order valence-electron chi connectivity index (χ3n) is 3.91. The molecule has 106 valence electrons. The predicted molar refractivity (Wildman–Crippen MR) is 82.8 cm³/mol. The van der Waals surface area contributed by atoms with E-state index in [1.807, 2.05) is 30.3 Å². The first-order valence-corrected chi connectivity index (χ1v) is 7.38. The maximum Gasteiger partial charge on any atom is 0.290 e. The Hall–Kier alpha value is -2.26. The molecule has 0 saturated carbocycles. The minimum absolute atomic E-state index is 0.583. The highest BCUT2D eigenvalue weighted by atomic mass is 16.6. The summed E-state index contributed by atoms with van der Waals surface area (Å²) < 4.78 is 11.9. The quantitative estimate of drug-likeness (QED) is 0.761. The highest BCUT2D eigenvalue weighted by molar-refractivity contribution is 5.88. The van der Waals surface area contributed by atoms with Gasteiger partial charge in [-0.05, 0) is 24.4 Å². The van der Waals surface area contributed by atoms with Crippen LogP contribution in [0.5, 0.6) is 11.7 Å². The molecule has 0 radical (unpaired) electrons. The van der Waals surface area contributed by atoms with Gasteiger partial charge in [-0.3, -0.25) is 0 Å². The van der Waals surface area contributed by atoms with Crippen molar-refractivity contribution in [2.45, 2.75) is 19.4 Å². The highest BCUT2D eigenvalue weighted by Crippen LogP contribution is 2.32. The summed E-state index contributed by atoms with van der Waals surface area (Å²) in [7, 11) is 0. The summed E-state index contributed by atoms with van der Waals surface area (Å²) in [5.41, 5.74) is 1.21. The molecule has 1 aromatic heterocycles. The van der Waals surface area contributed by atoms with E-state index in [2.05, 4.69) is 23.5 Å². The second-order valence-corrected chi connectivity index (χ2v) is 5.37. The lowest BCUT2D eigenvalue weighted by Crippen LogP contribution is -2.11. The third-order valence-corrected chi connectivity index (χ3v) is 3.91. The number of aryl methyl sites for hydroxylation is 1. The molecule has 21 heavy (non-hydrogen) atoms. The normalized spacial score (nSPS) is 14.7. The van der Waals surface area contributed by atoms with Gasteiger partial charge >= 0.3 is 0 Å². The smallest absolute Gasteiger partial charge is 0.290 e. The average molecular weight is 279 g/mol. The number of ether oxygens (including phenoxy) is 1. The van der Waals surface area contributed by atoms with Crippen LogP contribution in [0.4, 0.5) is 0 Å². The van der Waals surface area contributed by atoms with Crippen LogP contribution in [0.25, 0.3) is 10.8 Å². The number of furan rings is 1. The number of hydrogen-bond acceptors (Lipinski definition) is 3. The molecule has 3 aromatic rings. The van der Waals surface area contributed by atoms with E-state index in [1.54, 1.807) is 0 Å². The molecule has 0 atom stereocenters. The fraction of sp³-hybridized carbons (Fsp3) is 0.222. The molecule has 3 heteroatoms. The summed E-state index contributed by atoms with van der Waals surface area (Å²) in [6.07, 6.45) is 2.08. The Morgan fingerprint density at radius 3 is 2.95 bits per heavy atom. The molecule has 2 aromatic carbocycles. The molecule has 1 N–H and O–H groups in total. The molecule has 0 bridgehead atoms. The van der Waals surface area contributed by atoms with Gasteiger partial charge in [0.05, 0.1) is 0 Å². The molecule has 2 heterocycles. The first-order chi connectivity index (χ1) is 10.4. The van der Waals surface area contributed by atoms with Gasteiger partial charge in [-0.1, -0.05) is 36.4 Å². The first kappa shape index (κ1) is 12.5. The number of rotatable bonds is 2. The fourth-order valence-electron chi connectivity index (χ4n) is 2.84. The molecule has 0 spiro atoms. The minimum Gasteiger partial charge on any atom is -0.430 e. The van der Waals surface area contributed by atoms with Gasteiger partial charge in [-0.25, -0.2) is 0 Å². The van der Waals surface area contributed by atoms with Crippen molar-refractivity contribution in [3.63, 3.8) is 0 Å². The van der Waals surface area contributed by atoms with E-state index in [0.717, 1.165) is 42.8 Å². The first-order valence-electron chi connectivity index (χ1n) is 7.38. The Kier molecular flexibility index (Phi) is 3.13. The summed E-state index contributed by atoms with van der Waals surface area (Å²) in [6, 6.07) is 16.3. The number of hydrogen-bond donors (Lipinski definition) is 1. The Morgan fingerprint density at radius 1 is 1.05 bits per heavy atom. The van der Waals surface area contributed by atoms with Crippen molar-refractivity contribution >= 4 is 10.8 Å². The highest BCUT2D eigenvalue weighted by Gasteiger charge is 2.15. The Morgan fingerprint density at radius 2 is 1.95 bits per heavy atom. The van der Waals surface area contributed by atoms with Crippen molar-refractivity contribution < 1.29 is 9.15 Å². The summed E-state index contributed by atoms with van der Waals surface area (Å²) in [6.45, 7) is 1.90. The molecule has 0 fully saturated rings. The maximum atomic E-state index is 5.99. The summed E-state index contributed by atoms with van der Waals surface area (Å²) in [5, 5.41) is 5.67. The van der Waals surface area contributed by atoms with Crippen molar-refractivity contribution in [3.05, 3.63) is 59.9 Å². The lowest BCUT2D eigenvalue weighted by molar-refractivity contribution is 0.334. The van der Waals surface area contributed by atoms with Crippen LogP contribution in [0.1, 0.15) is 17.7 Å².